The number of nitrogens with zero attached hydrogens (tertiary/aromatic N) is 2. The number of hydrogen-bond acceptors (Lipinski definition) is 4. The van der Waals surface area contributed by atoms with Crippen LogP contribution in [0.1, 0.15) is 20.7 Å². The first-order valence-electron chi connectivity index (χ1n) is 9.24. The van der Waals surface area contributed by atoms with Crippen molar-refractivity contribution in [1.29, 1.82) is 0 Å². The fourth-order valence-electron chi connectivity index (χ4n) is 3.31. The van der Waals surface area contributed by atoms with Crippen LogP contribution in [0.2, 0.25) is 0 Å². The molecule has 2 heterocycles. The normalized spacial score (nSPS) is 14.0. The molecule has 0 aliphatic carbocycles. The van der Waals surface area contributed by atoms with Crippen LogP contribution in [0.4, 0.5) is 11.4 Å². The van der Waals surface area contributed by atoms with E-state index in [9.17, 15) is 9.59 Å². The quantitative estimate of drug-likeness (QED) is 0.756. The molecule has 0 atom stereocenters. The summed E-state index contributed by atoms with van der Waals surface area (Å²) in [5, 5.41) is 3.32. The Morgan fingerprint density at radius 1 is 0.786 bits per heavy atom. The zero-order valence-corrected chi connectivity index (χ0v) is 15.4. The van der Waals surface area contributed by atoms with Gasteiger partial charge in [0, 0.05) is 31.9 Å². The first kappa shape index (κ1) is 17.9. The predicted molar refractivity (Wildman–Crippen MR) is 107 cm³/mol. The smallest absolute Gasteiger partial charge is 0.257 e. The van der Waals surface area contributed by atoms with Crippen molar-refractivity contribution in [2.75, 3.05) is 31.5 Å². The van der Waals surface area contributed by atoms with Gasteiger partial charge in [0.1, 0.15) is 6.26 Å². The topological polar surface area (TPSA) is 65.8 Å². The van der Waals surface area contributed by atoms with Gasteiger partial charge in [0.15, 0.2) is 0 Å². The molecule has 4 rings (SSSR count). The molecule has 2 amide bonds. The van der Waals surface area contributed by atoms with E-state index in [-0.39, 0.29) is 11.8 Å². The molecule has 1 aliphatic rings. The molecule has 1 aromatic heterocycles. The van der Waals surface area contributed by atoms with Crippen molar-refractivity contribution in [3.63, 3.8) is 0 Å². The lowest BCUT2D eigenvalue weighted by atomic mass is 10.1. The second kappa shape index (κ2) is 8.00. The Morgan fingerprint density at radius 3 is 2.11 bits per heavy atom. The van der Waals surface area contributed by atoms with Gasteiger partial charge >= 0.3 is 0 Å². The van der Waals surface area contributed by atoms with Crippen LogP contribution in [0.5, 0.6) is 0 Å². The first-order valence-corrected chi connectivity index (χ1v) is 9.24. The van der Waals surface area contributed by atoms with E-state index >= 15 is 0 Å². The molecule has 28 heavy (non-hydrogen) atoms. The number of anilines is 2. The van der Waals surface area contributed by atoms with E-state index in [1.54, 1.807) is 15.9 Å². The summed E-state index contributed by atoms with van der Waals surface area (Å²) in [6.07, 6.45) is 2.94. The van der Waals surface area contributed by atoms with E-state index in [2.05, 4.69) is 5.32 Å². The van der Waals surface area contributed by atoms with Gasteiger partial charge in [-0.3, -0.25) is 9.59 Å². The highest BCUT2D eigenvalue weighted by atomic mass is 16.3. The van der Waals surface area contributed by atoms with Crippen LogP contribution in [-0.4, -0.2) is 47.8 Å². The maximum atomic E-state index is 13.1. The highest BCUT2D eigenvalue weighted by molar-refractivity contribution is 6.00. The predicted octanol–water partition coefficient (Wildman–Crippen LogP) is 3.62. The van der Waals surface area contributed by atoms with E-state index in [0.717, 1.165) is 11.4 Å². The maximum absolute atomic E-state index is 13.1. The molecule has 1 saturated heterocycles. The van der Waals surface area contributed by atoms with Gasteiger partial charge in [0.25, 0.3) is 11.8 Å². The van der Waals surface area contributed by atoms with Crippen LogP contribution < -0.4 is 5.32 Å². The molecule has 0 unspecified atom stereocenters. The Morgan fingerprint density at radius 2 is 1.43 bits per heavy atom. The number of piperazine rings is 1. The summed E-state index contributed by atoms with van der Waals surface area (Å²) in [5.41, 5.74) is 2.87. The minimum absolute atomic E-state index is 0.0329. The number of para-hydroxylation sites is 2. The summed E-state index contributed by atoms with van der Waals surface area (Å²) < 4.78 is 4.99. The van der Waals surface area contributed by atoms with E-state index in [4.69, 9.17) is 4.42 Å². The van der Waals surface area contributed by atoms with Gasteiger partial charge in [-0.2, -0.15) is 0 Å². The number of carbonyl (C=O) groups is 2. The minimum atomic E-state index is -0.0630. The third-order valence-corrected chi connectivity index (χ3v) is 4.83. The van der Waals surface area contributed by atoms with Gasteiger partial charge in [0.2, 0.25) is 0 Å². The molecule has 1 N–H and O–H groups in total. The van der Waals surface area contributed by atoms with Gasteiger partial charge in [0.05, 0.1) is 23.1 Å². The molecular formula is C22H21N3O3. The first-order chi connectivity index (χ1) is 13.7. The standard InChI is InChI=1S/C22H21N3O3/c26-21(17-10-15-28-16-17)24-11-13-25(14-12-24)22(27)19-8-4-5-9-20(19)23-18-6-2-1-3-7-18/h1-10,15-16,23H,11-14H2. The summed E-state index contributed by atoms with van der Waals surface area (Å²) in [6, 6.07) is 18.9. The Bertz CT molecular complexity index is 946. The summed E-state index contributed by atoms with van der Waals surface area (Å²) in [5.74, 6) is -0.0959. The molecule has 1 fully saturated rings. The van der Waals surface area contributed by atoms with Crippen LogP contribution in [0.25, 0.3) is 0 Å². The van der Waals surface area contributed by atoms with Crippen molar-refractivity contribution in [3.05, 3.63) is 84.3 Å². The Kier molecular flexibility index (Phi) is 5.10. The van der Waals surface area contributed by atoms with Gasteiger partial charge in [-0.1, -0.05) is 30.3 Å². The molecule has 0 bridgehead atoms. The molecule has 3 aromatic rings. The summed E-state index contributed by atoms with van der Waals surface area (Å²) in [4.78, 5) is 29.0. The van der Waals surface area contributed by atoms with Crippen molar-refractivity contribution < 1.29 is 14.0 Å². The van der Waals surface area contributed by atoms with Crippen molar-refractivity contribution in [2.45, 2.75) is 0 Å². The van der Waals surface area contributed by atoms with Crippen molar-refractivity contribution >= 4 is 23.2 Å². The fraction of sp³-hybridized carbons (Fsp3) is 0.182. The molecule has 142 valence electrons. The van der Waals surface area contributed by atoms with Crippen LogP contribution >= 0.6 is 0 Å². The highest BCUT2D eigenvalue weighted by Gasteiger charge is 2.26. The Hall–Kier alpha value is -3.54. The number of hydrogen-bond donors (Lipinski definition) is 1. The lowest BCUT2D eigenvalue weighted by molar-refractivity contribution is 0.0535. The largest absolute Gasteiger partial charge is 0.472 e. The van der Waals surface area contributed by atoms with Gasteiger partial charge in [-0.25, -0.2) is 0 Å². The summed E-state index contributed by atoms with van der Waals surface area (Å²) >= 11 is 0. The van der Waals surface area contributed by atoms with Crippen molar-refractivity contribution in [3.8, 4) is 0 Å². The zero-order chi connectivity index (χ0) is 19.3. The molecule has 2 aromatic carbocycles. The number of benzene rings is 2. The maximum Gasteiger partial charge on any atom is 0.257 e. The molecule has 0 saturated carbocycles. The summed E-state index contributed by atoms with van der Waals surface area (Å²) in [6.45, 7) is 2.01. The SMILES string of the molecule is O=C(c1ccoc1)N1CCN(C(=O)c2ccccc2Nc2ccccc2)CC1. The molecule has 6 nitrogen and oxygen atoms in total. The lowest BCUT2D eigenvalue weighted by Crippen LogP contribution is -2.50. The molecule has 0 radical (unpaired) electrons. The van der Waals surface area contributed by atoms with E-state index in [1.807, 2.05) is 54.6 Å². The van der Waals surface area contributed by atoms with Gasteiger partial charge < -0.3 is 19.5 Å². The molecule has 6 heteroatoms. The van der Waals surface area contributed by atoms with Crippen LogP contribution in [0, 0.1) is 0 Å². The average molecular weight is 375 g/mol. The number of nitrogens with one attached hydrogen (secondary N) is 1. The number of rotatable bonds is 4. The van der Waals surface area contributed by atoms with E-state index in [1.165, 1.54) is 12.5 Å². The number of amides is 2. The molecular weight excluding hydrogens is 354 g/mol. The minimum Gasteiger partial charge on any atom is -0.472 e. The highest BCUT2D eigenvalue weighted by Crippen LogP contribution is 2.23. The monoisotopic (exact) mass is 375 g/mol. The van der Waals surface area contributed by atoms with Crippen LogP contribution in [0.15, 0.2) is 77.6 Å². The second-order valence-corrected chi connectivity index (χ2v) is 6.63. The van der Waals surface area contributed by atoms with Crippen LogP contribution in [-0.2, 0) is 0 Å². The third kappa shape index (κ3) is 3.76. The number of carbonyl (C=O) groups excluding carboxylic acids is 2. The second-order valence-electron chi connectivity index (χ2n) is 6.63. The fourth-order valence-corrected chi connectivity index (χ4v) is 3.31. The summed E-state index contributed by atoms with van der Waals surface area (Å²) in [7, 11) is 0. The van der Waals surface area contributed by atoms with E-state index < -0.39 is 0 Å². The van der Waals surface area contributed by atoms with Gasteiger partial charge in [-0.05, 0) is 30.3 Å². The lowest BCUT2D eigenvalue weighted by Gasteiger charge is -2.35. The van der Waals surface area contributed by atoms with Crippen LogP contribution in [0.3, 0.4) is 0 Å². The van der Waals surface area contributed by atoms with Crippen molar-refractivity contribution in [2.24, 2.45) is 0 Å². The zero-order valence-electron chi connectivity index (χ0n) is 15.4. The molecule has 1 aliphatic heterocycles. The Labute approximate surface area is 163 Å². The van der Waals surface area contributed by atoms with E-state index in [0.29, 0.717) is 37.3 Å². The Balaban J connectivity index is 1.44. The van der Waals surface area contributed by atoms with Crippen molar-refractivity contribution in [1.82, 2.24) is 9.80 Å². The molecule has 0 spiro atoms. The number of furan rings is 1. The van der Waals surface area contributed by atoms with Gasteiger partial charge in [-0.15, -0.1) is 0 Å². The average Bonchev–Trinajstić information content (AvgIpc) is 3.29. The third-order valence-electron chi connectivity index (χ3n) is 4.83.